The lowest BCUT2D eigenvalue weighted by molar-refractivity contribution is -0.0300. The lowest BCUT2D eigenvalue weighted by atomic mass is 9.80. The van der Waals surface area contributed by atoms with Gasteiger partial charge < -0.3 is 10.4 Å². The van der Waals surface area contributed by atoms with Crippen LogP contribution in [-0.2, 0) is 0 Å². The second-order valence-corrected chi connectivity index (χ2v) is 5.07. The van der Waals surface area contributed by atoms with Gasteiger partial charge in [-0.25, -0.2) is 0 Å². The quantitative estimate of drug-likeness (QED) is 0.884. The largest absolute Gasteiger partial charge is 0.388 e. The van der Waals surface area contributed by atoms with Crippen LogP contribution in [0.4, 0.5) is 0 Å². The molecule has 1 heterocycles. The first kappa shape index (κ1) is 11.5. The SMILES string of the molecule is O=C(NCC1(O)CCC1)c1cncc(Br)c1. The lowest BCUT2D eigenvalue weighted by Crippen LogP contribution is -2.47. The standard InChI is InChI=1S/C11H13BrN2O2/c12-9-4-8(5-13-6-9)10(15)14-7-11(16)2-1-3-11/h4-6,16H,1-3,7H2,(H,14,15). The fraction of sp³-hybridized carbons (Fsp3) is 0.455. The van der Waals surface area contributed by atoms with Crippen molar-refractivity contribution < 1.29 is 9.90 Å². The molecule has 0 atom stereocenters. The van der Waals surface area contributed by atoms with E-state index in [-0.39, 0.29) is 5.91 Å². The second-order valence-electron chi connectivity index (χ2n) is 4.15. The van der Waals surface area contributed by atoms with E-state index in [1.807, 2.05) is 0 Å². The Bertz CT molecular complexity index is 405. The molecule has 5 heteroatoms. The van der Waals surface area contributed by atoms with Gasteiger partial charge in [-0.05, 0) is 41.3 Å². The van der Waals surface area contributed by atoms with Gasteiger partial charge in [0.05, 0.1) is 11.2 Å². The number of carbonyl (C=O) groups excluding carboxylic acids is 1. The maximum Gasteiger partial charge on any atom is 0.252 e. The minimum atomic E-state index is -0.685. The Kier molecular flexibility index (Phi) is 3.25. The molecule has 2 N–H and O–H groups in total. The van der Waals surface area contributed by atoms with Crippen LogP contribution in [0.5, 0.6) is 0 Å². The zero-order valence-electron chi connectivity index (χ0n) is 8.74. The molecule has 0 saturated heterocycles. The number of hydrogen-bond donors (Lipinski definition) is 2. The van der Waals surface area contributed by atoms with Crippen molar-refractivity contribution in [2.45, 2.75) is 24.9 Å². The van der Waals surface area contributed by atoms with Crippen molar-refractivity contribution in [3.05, 3.63) is 28.5 Å². The first-order valence-corrected chi connectivity index (χ1v) is 6.00. The summed E-state index contributed by atoms with van der Waals surface area (Å²) in [6.07, 6.45) is 5.69. The van der Waals surface area contributed by atoms with E-state index in [1.165, 1.54) is 6.20 Å². The van der Waals surface area contributed by atoms with Gasteiger partial charge in [0.25, 0.3) is 5.91 Å². The molecule has 0 bridgehead atoms. The summed E-state index contributed by atoms with van der Waals surface area (Å²) >= 11 is 3.25. The number of carbonyl (C=O) groups is 1. The summed E-state index contributed by atoms with van der Waals surface area (Å²) in [6.45, 7) is 0.318. The van der Waals surface area contributed by atoms with Gasteiger partial charge in [-0.2, -0.15) is 0 Å². The fourth-order valence-corrected chi connectivity index (χ4v) is 2.01. The Balaban J connectivity index is 1.93. The molecule has 1 aromatic rings. The summed E-state index contributed by atoms with van der Waals surface area (Å²) in [5, 5.41) is 12.5. The summed E-state index contributed by atoms with van der Waals surface area (Å²) in [4.78, 5) is 15.6. The van der Waals surface area contributed by atoms with E-state index in [4.69, 9.17) is 0 Å². The maximum absolute atomic E-state index is 11.7. The molecular formula is C11H13BrN2O2. The molecule has 0 unspecified atom stereocenters. The molecule has 4 nitrogen and oxygen atoms in total. The Morgan fingerprint density at radius 3 is 2.88 bits per heavy atom. The first-order valence-electron chi connectivity index (χ1n) is 5.20. The van der Waals surface area contributed by atoms with Crippen LogP contribution in [0.1, 0.15) is 29.6 Å². The third kappa shape index (κ3) is 2.59. The van der Waals surface area contributed by atoms with Crippen LogP contribution < -0.4 is 5.32 Å². The van der Waals surface area contributed by atoms with E-state index in [0.717, 1.165) is 23.7 Å². The Morgan fingerprint density at radius 2 is 2.31 bits per heavy atom. The van der Waals surface area contributed by atoms with Gasteiger partial charge in [0.15, 0.2) is 0 Å². The second kappa shape index (κ2) is 4.51. The average Bonchev–Trinajstić information content (AvgIpc) is 2.23. The molecule has 0 aliphatic heterocycles. The lowest BCUT2D eigenvalue weighted by Gasteiger charge is -2.36. The Hall–Kier alpha value is -0.940. The third-order valence-electron chi connectivity index (χ3n) is 2.83. The minimum Gasteiger partial charge on any atom is -0.388 e. The van der Waals surface area contributed by atoms with Crippen molar-refractivity contribution in [2.75, 3.05) is 6.54 Å². The van der Waals surface area contributed by atoms with E-state index in [1.54, 1.807) is 12.3 Å². The molecule has 1 amide bonds. The molecule has 0 spiro atoms. The zero-order chi connectivity index (χ0) is 11.6. The van der Waals surface area contributed by atoms with Crippen LogP contribution in [0, 0.1) is 0 Å². The Labute approximate surface area is 102 Å². The summed E-state index contributed by atoms with van der Waals surface area (Å²) in [6, 6.07) is 1.70. The molecular weight excluding hydrogens is 272 g/mol. The molecule has 2 rings (SSSR count). The van der Waals surface area contributed by atoms with Crippen LogP contribution in [0.3, 0.4) is 0 Å². The summed E-state index contributed by atoms with van der Waals surface area (Å²) in [7, 11) is 0. The number of rotatable bonds is 3. The highest BCUT2D eigenvalue weighted by atomic mass is 79.9. The Morgan fingerprint density at radius 1 is 1.56 bits per heavy atom. The van der Waals surface area contributed by atoms with E-state index in [9.17, 15) is 9.90 Å². The number of hydrogen-bond acceptors (Lipinski definition) is 3. The van der Waals surface area contributed by atoms with Crippen molar-refractivity contribution >= 4 is 21.8 Å². The van der Waals surface area contributed by atoms with Crippen molar-refractivity contribution in [2.24, 2.45) is 0 Å². The van der Waals surface area contributed by atoms with Crippen molar-refractivity contribution in [3.63, 3.8) is 0 Å². The summed E-state index contributed by atoms with van der Waals surface area (Å²) < 4.78 is 0.766. The fourth-order valence-electron chi connectivity index (χ4n) is 1.64. The highest BCUT2D eigenvalue weighted by Crippen LogP contribution is 2.30. The maximum atomic E-state index is 11.7. The van der Waals surface area contributed by atoms with Crippen LogP contribution in [-0.4, -0.2) is 28.1 Å². The molecule has 0 aromatic carbocycles. The van der Waals surface area contributed by atoms with Gasteiger partial charge in [-0.15, -0.1) is 0 Å². The summed E-state index contributed by atoms with van der Waals surface area (Å²) in [5.74, 6) is -0.200. The van der Waals surface area contributed by atoms with Gasteiger partial charge in [-0.3, -0.25) is 9.78 Å². The van der Waals surface area contributed by atoms with Crippen molar-refractivity contribution in [1.29, 1.82) is 0 Å². The highest BCUT2D eigenvalue weighted by molar-refractivity contribution is 9.10. The molecule has 1 aliphatic carbocycles. The molecule has 1 aliphatic rings. The predicted octanol–water partition coefficient (Wildman–Crippen LogP) is 1.49. The van der Waals surface area contributed by atoms with Crippen LogP contribution in [0.25, 0.3) is 0 Å². The molecule has 1 aromatic heterocycles. The van der Waals surface area contributed by atoms with Gasteiger partial charge in [0.2, 0.25) is 0 Å². The van der Waals surface area contributed by atoms with Gasteiger partial charge in [0, 0.05) is 23.4 Å². The van der Waals surface area contributed by atoms with Crippen molar-refractivity contribution in [1.82, 2.24) is 10.3 Å². The van der Waals surface area contributed by atoms with E-state index in [2.05, 4.69) is 26.2 Å². The van der Waals surface area contributed by atoms with Crippen molar-refractivity contribution in [3.8, 4) is 0 Å². The summed E-state index contributed by atoms with van der Waals surface area (Å²) in [5.41, 5.74) is -0.188. The smallest absolute Gasteiger partial charge is 0.252 e. The molecule has 16 heavy (non-hydrogen) atoms. The molecule has 86 valence electrons. The minimum absolute atomic E-state index is 0.200. The first-order chi connectivity index (χ1) is 7.59. The number of nitrogens with one attached hydrogen (secondary N) is 1. The van der Waals surface area contributed by atoms with Gasteiger partial charge >= 0.3 is 0 Å². The topological polar surface area (TPSA) is 62.2 Å². The van der Waals surface area contributed by atoms with E-state index in [0.29, 0.717) is 12.1 Å². The zero-order valence-corrected chi connectivity index (χ0v) is 10.3. The van der Waals surface area contributed by atoms with Gasteiger partial charge in [0.1, 0.15) is 0 Å². The van der Waals surface area contributed by atoms with Crippen LogP contribution in [0.15, 0.2) is 22.9 Å². The monoisotopic (exact) mass is 284 g/mol. The number of aliphatic hydroxyl groups is 1. The predicted molar refractivity (Wildman–Crippen MR) is 63.1 cm³/mol. The number of nitrogens with zero attached hydrogens (tertiary/aromatic N) is 1. The van der Waals surface area contributed by atoms with Crippen LogP contribution in [0.2, 0.25) is 0 Å². The van der Waals surface area contributed by atoms with Crippen LogP contribution >= 0.6 is 15.9 Å². The van der Waals surface area contributed by atoms with Gasteiger partial charge in [-0.1, -0.05) is 0 Å². The molecule has 1 saturated carbocycles. The average molecular weight is 285 g/mol. The number of amides is 1. The normalized spacial score (nSPS) is 17.6. The number of pyridine rings is 1. The third-order valence-corrected chi connectivity index (χ3v) is 3.26. The van der Waals surface area contributed by atoms with E-state index < -0.39 is 5.60 Å². The number of aromatic nitrogens is 1. The van der Waals surface area contributed by atoms with E-state index >= 15 is 0 Å². The molecule has 1 fully saturated rings. The molecule has 0 radical (unpaired) electrons. The highest BCUT2D eigenvalue weighted by Gasteiger charge is 2.34. The number of halogens is 1.